The van der Waals surface area contributed by atoms with Crippen LogP contribution in [-0.2, 0) is 13.0 Å². The quantitative estimate of drug-likeness (QED) is 0.937. The van der Waals surface area contributed by atoms with Gasteiger partial charge >= 0.3 is 0 Å². The molecule has 3 heteroatoms. The van der Waals surface area contributed by atoms with E-state index in [4.69, 9.17) is 9.47 Å². The summed E-state index contributed by atoms with van der Waals surface area (Å²) in [7, 11) is 3.96. The number of hydrogen-bond acceptors (Lipinski definition) is 2. The van der Waals surface area contributed by atoms with Gasteiger partial charge in [-0.1, -0.05) is 30.3 Å². The molecule has 0 bridgehead atoms. The number of likely N-dealkylation sites (N-methyl/N-ethyl adjacent to an activating group) is 1. The van der Waals surface area contributed by atoms with E-state index < -0.39 is 0 Å². The summed E-state index contributed by atoms with van der Waals surface area (Å²) in [4.78, 5) is 1.55. The molecule has 3 rings (SSSR count). The fraction of sp³-hybridized carbons (Fsp3) is 0.368. The Balaban J connectivity index is 1.86. The van der Waals surface area contributed by atoms with Gasteiger partial charge in [0, 0.05) is 12.0 Å². The Kier molecular flexibility index (Phi) is 4.34. The molecule has 1 aliphatic rings. The van der Waals surface area contributed by atoms with Crippen LogP contribution in [0.15, 0.2) is 42.5 Å². The molecule has 2 unspecified atom stereocenters. The second kappa shape index (κ2) is 6.41. The first-order valence-electron chi connectivity index (χ1n) is 7.89. The molecular weight excluding hydrogens is 274 g/mol. The maximum absolute atomic E-state index is 6.03. The van der Waals surface area contributed by atoms with Crippen LogP contribution in [0.3, 0.4) is 0 Å². The van der Waals surface area contributed by atoms with Gasteiger partial charge in [-0.2, -0.15) is 0 Å². The molecule has 2 aromatic carbocycles. The van der Waals surface area contributed by atoms with E-state index in [9.17, 15) is 0 Å². The predicted octanol–water partition coefficient (Wildman–Crippen LogP) is 2.41. The number of quaternary nitrogens is 1. The number of rotatable bonds is 4. The largest absolute Gasteiger partial charge is 0.493 e. The van der Waals surface area contributed by atoms with E-state index in [1.165, 1.54) is 17.7 Å². The van der Waals surface area contributed by atoms with Gasteiger partial charge < -0.3 is 14.4 Å². The van der Waals surface area contributed by atoms with Crippen LogP contribution in [0.5, 0.6) is 11.5 Å². The van der Waals surface area contributed by atoms with Crippen LogP contribution < -0.4 is 14.4 Å². The standard InChI is InChI=1S/C19H23NO2/c1-14-17-12-19(22-13-15-7-5-4-6-8-15)18(21-3)11-16(17)9-10-20(14)2/h4-8,11-12,14H,9-10,13H2,1-3H3/p+1. The zero-order valence-corrected chi connectivity index (χ0v) is 13.6. The zero-order chi connectivity index (χ0) is 15.5. The van der Waals surface area contributed by atoms with Gasteiger partial charge in [-0.05, 0) is 30.2 Å². The van der Waals surface area contributed by atoms with E-state index in [2.05, 4.69) is 38.2 Å². The van der Waals surface area contributed by atoms with Crippen molar-refractivity contribution in [1.29, 1.82) is 0 Å². The first kappa shape index (κ1) is 14.9. The smallest absolute Gasteiger partial charge is 0.162 e. The van der Waals surface area contributed by atoms with Crippen molar-refractivity contribution in [2.24, 2.45) is 0 Å². The number of hydrogen-bond donors (Lipinski definition) is 1. The summed E-state index contributed by atoms with van der Waals surface area (Å²) in [5.74, 6) is 1.67. The molecule has 1 heterocycles. The summed E-state index contributed by atoms with van der Waals surface area (Å²) < 4.78 is 11.6. The van der Waals surface area contributed by atoms with Crippen LogP contribution in [0, 0.1) is 0 Å². The van der Waals surface area contributed by atoms with E-state index >= 15 is 0 Å². The Morgan fingerprint density at radius 2 is 1.91 bits per heavy atom. The van der Waals surface area contributed by atoms with Crippen LogP contribution >= 0.6 is 0 Å². The van der Waals surface area contributed by atoms with Crippen LogP contribution in [-0.4, -0.2) is 20.7 Å². The Morgan fingerprint density at radius 1 is 1.14 bits per heavy atom. The first-order chi connectivity index (χ1) is 10.7. The van der Waals surface area contributed by atoms with Gasteiger partial charge in [0.15, 0.2) is 11.5 Å². The summed E-state index contributed by atoms with van der Waals surface area (Å²) in [5, 5.41) is 0. The molecule has 0 saturated carbocycles. The molecule has 0 radical (unpaired) electrons. The molecule has 2 atom stereocenters. The van der Waals surface area contributed by atoms with Crippen molar-refractivity contribution in [3.8, 4) is 11.5 Å². The van der Waals surface area contributed by atoms with Crippen LogP contribution in [0.4, 0.5) is 0 Å². The van der Waals surface area contributed by atoms with Crippen molar-refractivity contribution in [3.05, 3.63) is 59.2 Å². The number of methoxy groups -OCH3 is 1. The van der Waals surface area contributed by atoms with Crippen molar-refractivity contribution in [3.63, 3.8) is 0 Å². The Morgan fingerprint density at radius 3 is 2.64 bits per heavy atom. The SMILES string of the molecule is COc1cc2c(cc1OCc1ccccc1)C(C)[NH+](C)CC2. The van der Waals surface area contributed by atoms with Crippen molar-refractivity contribution in [2.75, 3.05) is 20.7 Å². The van der Waals surface area contributed by atoms with Crippen LogP contribution in [0.25, 0.3) is 0 Å². The summed E-state index contributed by atoms with van der Waals surface area (Å²) >= 11 is 0. The molecule has 0 spiro atoms. The molecule has 0 fully saturated rings. The average Bonchev–Trinajstić information content (AvgIpc) is 2.57. The van der Waals surface area contributed by atoms with Gasteiger partial charge in [-0.3, -0.25) is 0 Å². The van der Waals surface area contributed by atoms with Crippen LogP contribution in [0.2, 0.25) is 0 Å². The molecule has 0 saturated heterocycles. The second-order valence-electron chi connectivity index (χ2n) is 6.04. The Bertz CT molecular complexity index is 639. The molecule has 116 valence electrons. The molecule has 0 amide bonds. The number of fused-ring (bicyclic) bond motifs is 1. The van der Waals surface area contributed by atoms with Crippen molar-refractivity contribution in [2.45, 2.75) is 26.0 Å². The lowest BCUT2D eigenvalue weighted by Gasteiger charge is -2.30. The van der Waals surface area contributed by atoms with Gasteiger partial charge in [-0.15, -0.1) is 0 Å². The van der Waals surface area contributed by atoms with Gasteiger partial charge in [0.1, 0.15) is 12.6 Å². The number of benzene rings is 2. The maximum atomic E-state index is 6.03. The number of nitrogens with one attached hydrogen (secondary N) is 1. The minimum Gasteiger partial charge on any atom is -0.493 e. The lowest BCUT2D eigenvalue weighted by Crippen LogP contribution is -3.10. The Hall–Kier alpha value is -2.00. The van der Waals surface area contributed by atoms with E-state index in [1.54, 1.807) is 12.0 Å². The molecule has 1 N–H and O–H groups in total. The highest BCUT2D eigenvalue weighted by Crippen LogP contribution is 2.34. The molecule has 0 aromatic heterocycles. The summed E-state index contributed by atoms with van der Waals surface area (Å²) in [5.41, 5.74) is 3.94. The number of ether oxygens (including phenoxy) is 2. The third kappa shape index (κ3) is 2.95. The highest BCUT2D eigenvalue weighted by molar-refractivity contribution is 5.48. The highest BCUT2D eigenvalue weighted by Gasteiger charge is 2.26. The summed E-state index contributed by atoms with van der Waals surface area (Å²) in [6.07, 6.45) is 1.10. The second-order valence-corrected chi connectivity index (χ2v) is 6.04. The molecule has 2 aromatic rings. The van der Waals surface area contributed by atoms with Crippen molar-refractivity contribution < 1.29 is 14.4 Å². The molecule has 3 nitrogen and oxygen atoms in total. The topological polar surface area (TPSA) is 22.9 Å². The predicted molar refractivity (Wildman–Crippen MR) is 87.6 cm³/mol. The van der Waals surface area contributed by atoms with E-state index in [0.29, 0.717) is 12.6 Å². The zero-order valence-electron chi connectivity index (χ0n) is 13.6. The lowest BCUT2D eigenvalue weighted by molar-refractivity contribution is -0.912. The summed E-state index contributed by atoms with van der Waals surface area (Å²) in [6, 6.07) is 15.0. The van der Waals surface area contributed by atoms with E-state index in [0.717, 1.165) is 23.5 Å². The normalized spacial score (nSPS) is 20.3. The highest BCUT2D eigenvalue weighted by atomic mass is 16.5. The van der Waals surface area contributed by atoms with Gasteiger partial charge in [0.25, 0.3) is 0 Å². The van der Waals surface area contributed by atoms with E-state index in [1.807, 2.05) is 18.2 Å². The van der Waals surface area contributed by atoms with Crippen molar-refractivity contribution in [1.82, 2.24) is 0 Å². The lowest BCUT2D eigenvalue weighted by atomic mass is 9.93. The monoisotopic (exact) mass is 298 g/mol. The Labute approximate surface area is 132 Å². The molecule has 0 aliphatic carbocycles. The van der Waals surface area contributed by atoms with E-state index in [-0.39, 0.29) is 0 Å². The molecule has 22 heavy (non-hydrogen) atoms. The third-order valence-electron chi connectivity index (χ3n) is 4.66. The van der Waals surface area contributed by atoms with Crippen molar-refractivity contribution >= 4 is 0 Å². The van der Waals surface area contributed by atoms with Crippen LogP contribution in [0.1, 0.15) is 29.7 Å². The maximum Gasteiger partial charge on any atom is 0.162 e. The first-order valence-corrected chi connectivity index (χ1v) is 7.89. The van der Waals surface area contributed by atoms with Gasteiger partial charge in [-0.25, -0.2) is 0 Å². The average molecular weight is 298 g/mol. The molecular formula is C19H24NO2+. The fourth-order valence-electron chi connectivity index (χ4n) is 3.06. The minimum absolute atomic E-state index is 0.494. The minimum atomic E-state index is 0.494. The van der Waals surface area contributed by atoms with Gasteiger partial charge in [0.05, 0.1) is 20.7 Å². The summed E-state index contributed by atoms with van der Waals surface area (Å²) in [6.45, 7) is 4.01. The van der Waals surface area contributed by atoms with Gasteiger partial charge in [0.2, 0.25) is 0 Å². The third-order valence-corrected chi connectivity index (χ3v) is 4.66. The molecule has 1 aliphatic heterocycles. The fourth-order valence-corrected chi connectivity index (χ4v) is 3.06.